The monoisotopic (exact) mass is 345 g/mol. The molecular weight excluding hydrogens is 322 g/mol. The Bertz CT molecular complexity index is 701. The summed E-state index contributed by atoms with van der Waals surface area (Å²) >= 11 is 1.70. The van der Waals surface area contributed by atoms with Crippen LogP contribution in [0.25, 0.3) is 0 Å². The molecule has 1 atom stereocenters. The van der Waals surface area contributed by atoms with E-state index in [1.807, 2.05) is 11.8 Å². The summed E-state index contributed by atoms with van der Waals surface area (Å²) in [5.74, 6) is 0.195. The van der Waals surface area contributed by atoms with Gasteiger partial charge in [0.25, 0.3) is 0 Å². The predicted molar refractivity (Wildman–Crippen MR) is 94.2 cm³/mol. The molecule has 0 aliphatic carbocycles. The molecule has 0 saturated carbocycles. The Morgan fingerprint density at radius 3 is 2.92 bits per heavy atom. The largest absolute Gasteiger partial charge is 0.377 e. The Morgan fingerprint density at radius 2 is 2.17 bits per heavy atom. The van der Waals surface area contributed by atoms with Crippen LogP contribution < -0.4 is 0 Å². The zero-order valence-electron chi connectivity index (χ0n) is 14.2. The van der Waals surface area contributed by atoms with Crippen molar-refractivity contribution in [1.29, 1.82) is 0 Å². The molecule has 0 N–H and O–H groups in total. The van der Waals surface area contributed by atoms with Crippen LogP contribution in [0.15, 0.2) is 24.5 Å². The second kappa shape index (κ2) is 7.85. The lowest BCUT2D eigenvalue weighted by Gasteiger charge is -2.35. The summed E-state index contributed by atoms with van der Waals surface area (Å²) in [5, 5.41) is 0. The minimum Gasteiger partial charge on any atom is -0.377 e. The molecular formula is C18H23N3O2S. The summed E-state index contributed by atoms with van der Waals surface area (Å²) in [6.45, 7) is 5.94. The van der Waals surface area contributed by atoms with Crippen LogP contribution in [0.3, 0.4) is 0 Å². The van der Waals surface area contributed by atoms with Gasteiger partial charge in [-0.05, 0) is 38.8 Å². The average molecular weight is 345 g/mol. The summed E-state index contributed by atoms with van der Waals surface area (Å²) < 4.78 is 5.61. The van der Waals surface area contributed by atoms with E-state index < -0.39 is 0 Å². The SMILES string of the molecule is Cc1ccc(CC(=O)N2CCOC[C@@H]2CCc2nccnc2C)s1. The molecule has 3 rings (SSSR count). The van der Waals surface area contributed by atoms with E-state index in [2.05, 4.69) is 29.0 Å². The first-order valence-corrected chi connectivity index (χ1v) is 9.14. The maximum atomic E-state index is 12.7. The first-order valence-electron chi connectivity index (χ1n) is 8.32. The Kier molecular flexibility index (Phi) is 5.58. The van der Waals surface area contributed by atoms with Crippen molar-refractivity contribution in [3.8, 4) is 0 Å². The highest BCUT2D eigenvalue weighted by atomic mass is 32.1. The first-order chi connectivity index (χ1) is 11.6. The average Bonchev–Trinajstić information content (AvgIpc) is 2.99. The third kappa shape index (κ3) is 4.19. The molecule has 24 heavy (non-hydrogen) atoms. The van der Waals surface area contributed by atoms with Crippen molar-refractivity contribution in [3.63, 3.8) is 0 Å². The van der Waals surface area contributed by atoms with E-state index in [9.17, 15) is 4.79 Å². The normalized spacial score (nSPS) is 17.9. The van der Waals surface area contributed by atoms with Gasteiger partial charge in [-0.1, -0.05) is 0 Å². The Balaban J connectivity index is 1.62. The zero-order chi connectivity index (χ0) is 16.9. The summed E-state index contributed by atoms with van der Waals surface area (Å²) in [6, 6.07) is 4.24. The third-order valence-corrected chi connectivity index (χ3v) is 5.37. The fourth-order valence-corrected chi connectivity index (χ4v) is 3.92. The fraction of sp³-hybridized carbons (Fsp3) is 0.500. The Labute approximate surface area is 146 Å². The number of carbonyl (C=O) groups is 1. The van der Waals surface area contributed by atoms with Crippen molar-refractivity contribution in [2.24, 2.45) is 0 Å². The van der Waals surface area contributed by atoms with Crippen LogP contribution in [0.1, 0.15) is 27.6 Å². The van der Waals surface area contributed by atoms with Crippen molar-refractivity contribution in [2.75, 3.05) is 19.8 Å². The standard InChI is InChI=1S/C18H23N3O2S/c1-13-3-5-16(24-13)11-18(22)21-9-10-23-12-15(21)4-6-17-14(2)19-7-8-20-17/h3,5,7-8,15H,4,6,9-12H2,1-2H3/t15-/m0/s1. The van der Waals surface area contributed by atoms with Crippen LogP contribution in [-0.4, -0.2) is 46.6 Å². The summed E-state index contributed by atoms with van der Waals surface area (Å²) in [5.41, 5.74) is 1.96. The van der Waals surface area contributed by atoms with E-state index in [0.717, 1.165) is 29.1 Å². The summed E-state index contributed by atoms with van der Waals surface area (Å²) in [4.78, 5) is 25.8. The highest BCUT2D eigenvalue weighted by Crippen LogP contribution is 2.19. The smallest absolute Gasteiger partial charge is 0.228 e. The van der Waals surface area contributed by atoms with Crippen LogP contribution in [0, 0.1) is 13.8 Å². The lowest BCUT2D eigenvalue weighted by Crippen LogP contribution is -2.49. The molecule has 5 nitrogen and oxygen atoms in total. The minimum absolute atomic E-state index is 0.119. The number of nitrogens with zero attached hydrogens (tertiary/aromatic N) is 3. The summed E-state index contributed by atoms with van der Waals surface area (Å²) in [7, 11) is 0. The van der Waals surface area contributed by atoms with Crippen molar-refractivity contribution >= 4 is 17.2 Å². The third-order valence-electron chi connectivity index (χ3n) is 4.37. The van der Waals surface area contributed by atoms with Crippen molar-refractivity contribution < 1.29 is 9.53 Å². The van der Waals surface area contributed by atoms with Gasteiger partial charge in [-0.3, -0.25) is 14.8 Å². The van der Waals surface area contributed by atoms with Gasteiger partial charge in [0.2, 0.25) is 5.91 Å². The quantitative estimate of drug-likeness (QED) is 0.836. The van der Waals surface area contributed by atoms with Crippen LogP contribution in [0.2, 0.25) is 0 Å². The molecule has 0 spiro atoms. The van der Waals surface area contributed by atoms with E-state index in [0.29, 0.717) is 26.2 Å². The maximum Gasteiger partial charge on any atom is 0.228 e. The minimum atomic E-state index is 0.119. The summed E-state index contributed by atoms with van der Waals surface area (Å²) in [6.07, 6.45) is 5.59. The van der Waals surface area contributed by atoms with E-state index in [4.69, 9.17) is 4.74 Å². The number of ether oxygens (including phenoxy) is 1. The number of amides is 1. The van der Waals surface area contributed by atoms with Gasteiger partial charge < -0.3 is 9.64 Å². The van der Waals surface area contributed by atoms with E-state index >= 15 is 0 Å². The first kappa shape index (κ1) is 17.0. The lowest BCUT2D eigenvalue weighted by atomic mass is 10.1. The molecule has 2 aromatic heterocycles. The molecule has 2 aromatic rings. The molecule has 0 radical (unpaired) electrons. The van der Waals surface area contributed by atoms with Gasteiger partial charge in [-0.2, -0.15) is 0 Å². The molecule has 1 amide bonds. The van der Waals surface area contributed by atoms with Gasteiger partial charge in [0.15, 0.2) is 0 Å². The van der Waals surface area contributed by atoms with Gasteiger partial charge >= 0.3 is 0 Å². The zero-order valence-corrected chi connectivity index (χ0v) is 15.0. The topological polar surface area (TPSA) is 55.3 Å². The molecule has 3 heterocycles. The molecule has 6 heteroatoms. The van der Waals surface area contributed by atoms with Crippen LogP contribution in [0.4, 0.5) is 0 Å². The van der Waals surface area contributed by atoms with Crippen LogP contribution >= 0.6 is 11.3 Å². The number of hydrogen-bond donors (Lipinski definition) is 0. The molecule has 128 valence electrons. The number of thiophene rings is 1. The second-order valence-corrected chi connectivity index (χ2v) is 7.50. The molecule has 1 aliphatic rings. The van der Waals surface area contributed by atoms with E-state index in [1.165, 1.54) is 4.88 Å². The van der Waals surface area contributed by atoms with Crippen LogP contribution in [0.5, 0.6) is 0 Å². The molecule has 0 aromatic carbocycles. The van der Waals surface area contributed by atoms with Gasteiger partial charge in [0, 0.05) is 28.7 Å². The molecule has 1 fully saturated rings. The Hall–Kier alpha value is -1.79. The molecule has 0 unspecified atom stereocenters. The maximum absolute atomic E-state index is 12.7. The fourth-order valence-electron chi connectivity index (χ4n) is 3.04. The van der Waals surface area contributed by atoms with Gasteiger partial charge in [-0.25, -0.2) is 0 Å². The van der Waals surface area contributed by atoms with E-state index in [1.54, 1.807) is 23.7 Å². The number of hydrogen-bond acceptors (Lipinski definition) is 5. The van der Waals surface area contributed by atoms with Crippen molar-refractivity contribution in [3.05, 3.63) is 45.7 Å². The lowest BCUT2D eigenvalue weighted by molar-refractivity contribution is -0.139. The van der Waals surface area contributed by atoms with Gasteiger partial charge in [0.1, 0.15) is 0 Å². The van der Waals surface area contributed by atoms with Gasteiger partial charge in [-0.15, -0.1) is 11.3 Å². The van der Waals surface area contributed by atoms with Crippen LogP contribution in [-0.2, 0) is 22.4 Å². The van der Waals surface area contributed by atoms with Crippen molar-refractivity contribution in [2.45, 2.75) is 39.2 Å². The number of rotatable bonds is 5. The van der Waals surface area contributed by atoms with Crippen molar-refractivity contribution in [1.82, 2.24) is 14.9 Å². The number of aryl methyl sites for hydroxylation is 3. The molecule has 0 bridgehead atoms. The van der Waals surface area contributed by atoms with E-state index in [-0.39, 0.29) is 11.9 Å². The highest BCUT2D eigenvalue weighted by Gasteiger charge is 2.27. The molecule has 1 saturated heterocycles. The highest BCUT2D eigenvalue weighted by molar-refractivity contribution is 7.12. The van der Waals surface area contributed by atoms with Gasteiger partial charge in [0.05, 0.1) is 37.1 Å². The number of morpholine rings is 1. The Morgan fingerprint density at radius 1 is 1.33 bits per heavy atom. The second-order valence-electron chi connectivity index (χ2n) is 6.13. The molecule has 1 aliphatic heterocycles. The predicted octanol–water partition coefficient (Wildman–Crippen LogP) is 2.56. The number of carbonyl (C=O) groups excluding carboxylic acids is 1. The number of aromatic nitrogens is 2.